The second kappa shape index (κ2) is 5.77. The molecule has 1 atom stereocenters. The van der Waals surface area contributed by atoms with E-state index in [-0.39, 0.29) is 0 Å². The van der Waals surface area contributed by atoms with E-state index in [4.69, 9.17) is 11.6 Å². The molecule has 2 aromatic carbocycles. The largest absolute Gasteiger partial charge is 0.380 e. The van der Waals surface area contributed by atoms with Gasteiger partial charge in [-0.3, -0.25) is 0 Å². The number of halogens is 1. The van der Waals surface area contributed by atoms with Crippen molar-refractivity contribution in [2.75, 3.05) is 5.88 Å². The van der Waals surface area contributed by atoms with Crippen LogP contribution in [0.1, 0.15) is 28.7 Å². The van der Waals surface area contributed by atoms with Crippen LogP contribution in [0, 0.1) is 13.8 Å². The standard InChI is InChI=1S/C17H19ClO/c1-13-10-14(2)12-16(11-13)17(19,8-9-18)15-6-4-3-5-7-15/h3-7,10-12,19H,8-9H2,1-2H3. The molecule has 1 unspecified atom stereocenters. The van der Waals surface area contributed by atoms with E-state index in [9.17, 15) is 5.11 Å². The second-order valence-corrected chi connectivity index (χ2v) is 5.42. The summed E-state index contributed by atoms with van der Waals surface area (Å²) in [7, 11) is 0. The lowest BCUT2D eigenvalue weighted by atomic mass is 9.83. The molecule has 0 bridgehead atoms. The molecule has 0 radical (unpaired) electrons. The molecule has 0 saturated carbocycles. The van der Waals surface area contributed by atoms with Gasteiger partial charge in [-0.05, 0) is 31.4 Å². The number of aliphatic hydroxyl groups is 1. The van der Waals surface area contributed by atoms with Crippen molar-refractivity contribution in [2.45, 2.75) is 25.9 Å². The molecule has 2 aromatic rings. The molecule has 100 valence electrons. The number of benzene rings is 2. The Morgan fingerprint density at radius 1 is 0.947 bits per heavy atom. The van der Waals surface area contributed by atoms with E-state index in [1.165, 1.54) is 0 Å². The quantitative estimate of drug-likeness (QED) is 0.830. The molecule has 0 saturated heterocycles. The number of alkyl halides is 1. The lowest BCUT2D eigenvalue weighted by Gasteiger charge is -2.29. The Kier molecular flexibility index (Phi) is 4.28. The average molecular weight is 275 g/mol. The second-order valence-electron chi connectivity index (χ2n) is 5.04. The van der Waals surface area contributed by atoms with Gasteiger partial charge in [0.25, 0.3) is 0 Å². The smallest absolute Gasteiger partial charge is 0.116 e. The Labute approximate surface area is 119 Å². The van der Waals surface area contributed by atoms with Crippen molar-refractivity contribution in [3.8, 4) is 0 Å². The lowest BCUT2D eigenvalue weighted by molar-refractivity contribution is 0.0774. The highest BCUT2D eigenvalue weighted by molar-refractivity contribution is 6.17. The first-order valence-corrected chi connectivity index (χ1v) is 7.02. The van der Waals surface area contributed by atoms with Gasteiger partial charge in [0.05, 0.1) is 0 Å². The van der Waals surface area contributed by atoms with Crippen LogP contribution in [0.25, 0.3) is 0 Å². The Morgan fingerprint density at radius 3 is 2.05 bits per heavy atom. The van der Waals surface area contributed by atoms with Crippen molar-refractivity contribution in [1.82, 2.24) is 0 Å². The molecule has 0 aliphatic carbocycles. The van der Waals surface area contributed by atoms with Crippen LogP contribution >= 0.6 is 11.6 Å². The van der Waals surface area contributed by atoms with E-state index in [2.05, 4.69) is 6.07 Å². The molecule has 1 N–H and O–H groups in total. The molecule has 0 spiro atoms. The first kappa shape index (κ1) is 14.1. The first-order chi connectivity index (χ1) is 9.06. The average Bonchev–Trinajstić information content (AvgIpc) is 2.39. The minimum atomic E-state index is -1.01. The van der Waals surface area contributed by atoms with Gasteiger partial charge in [0, 0.05) is 5.88 Å². The van der Waals surface area contributed by atoms with Crippen LogP contribution in [-0.2, 0) is 5.60 Å². The monoisotopic (exact) mass is 274 g/mol. The predicted octanol–water partition coefficient (Wildman–Crippen LogP) is 4.17. The summed E-state index contributed by atoms with van der Waals surface area (Å²) in [4.78, 5) is 0. The fraction of sp³-hybridized carbons (Fsp3) is 0.294. The van der Waals surface area contributed by atoms with Crippen molar-refractivity contribution in [3.05, 3.63) is 70.8 Å². The van der Waals surface area contributed by atoms with Crippen LogP contribution in [0.4, 0.5) is 0 Å². The molecule has 0 fully saturated rings. The van der Waals surface area contributed by atoms with Crippen LogP contribution in [0.2, 0.25) is 0 Å². The third-order valence-corrected chi connectivity index (χ3v) is 3.60. The van der Waals surface area contributed by atoms with Crippen LogP contribution in [-0.4, -0.2) is 11.0 Å². The van der Waals surface area contributed by atoms with Crippen molar-refractivity contribution in [1.29, 1.82) is 0 Å². The van der Waals surface area contributed by atoms with Gasteiger partial charge < -0.3 is 5.11 Å². The Hall–Kier alpha value is -1.31. The Morgan fingerprint density at radius 2 is 1.53 bits per heavy atom. The highest BCUT2D eigenvalue weighted by Gasteiger charge is 2.31. The summed E-state index contributed by atoms with van der Waals surface area (Å²) in [6.07, 6.45) is 0.501. The maximum atomic E-state index is 11.1. The zero-order valence-corrected chi connectivity index (χ0v) is 12.1. The van der Waals surface area contributed by atoms with Gasteiger partial charge >= 0.3 is 0 Å². The molecule has 19 heavy (non-hydrogen) atoms. The highest BCUT2D eigenvalue weighted by Crippen LogP contribution is 2.34. The van der Waals surface area contributed by atoms with Gasteiger partial charge in [0.15, 0.2) is 0 Å². The predicted molar refractivity (Wildman–Crippen MR) is 80.7 cm³/mol. The van der Waals surface area contributed by atoms with Crippen molar-refractivity contribution >= 4 is 11.6 Å². The third-order valence-electron chi connectivity index (χ3n) is 3.41. The first-order valence-electron chi connectivity index (χ1n) is 6.49. The molecular weight excluding hydrogens is 256 g/mol. The maximum absolute atomic E-state index is 11.1. The Balaban J connectivity index is 2.56. The van der Waals surface area contributed by atoms with Crippen LogP contribution in [0.5, 0.6) is 0 Å². The van der Waals surface area contributed by atoms with E-state index >= 15 is 0 Å². The third kappa shape index (κ3) is 2.99. The van der Waals surface area contributed by atoms with Gasteiger partial charge in [0.1, 0.15) is 5.60 Å². The summed E-state index contributed by atoms with van der Waals surface area (Å²) in [5.74, 6) is 0.415. The molecule has 2 heteroatoms. The minimum absolute atomic E-state index is 0.415. The van der Waals surface area contributed by atoms with E-state index in [1.807, 2.05) is 56.3 Å². The fourth-order valence-electron chi connectivity index (χ4n) is 2.52. The zero-order valence-electron chi connectivity index (χ0n) is 11.4. The molecule has 1 nitrogen and oxygen atoms in total. The summed E-state index contributed by atoms with van der Waals surface area (Å²) >= 11 is 5.91. The van der Waals surface area contributed by atoms with Crippen molar-refractivity contribution < 1.29 is 5.11 Å². The van der Waals surface area contributed by atoms with E-state index in [0.29, 0.717) is 12.3 Å². The summed E-state index contributed by atoms with van der Waals surface area (Å²) in [6.45, 7) is 4.09. The fourth-order valence-corrected chi connectivity index (χ4v) is 2.79. The zero-order chi connectivity index (χ0) is 13.9. The molecule has 0 aliphatic heterocycles. The number of hydrogen-bond donors (Lipinski definition) is 1. The van der Waals surface area contributed by atoms with Crippen LogP contribution in [0.3, 0.4) is 0 Å². The normalized spacial score (nSPS) is 14.1. The maximum Gasteiger partial charge on any atom is 0.116 e. The number of aryl methyl sites for hydroxylation is 2. The molecule has 0 amide bonds. The summed E-state index contributed by atoms with van der Waals surface area (Å²) in [5.41, 5.74) is 3.09. The molecule has 2 rings (SSSR count). The van der Waals surface area contributed by atoms with Gasteiger partial charge in [-0.2, -0.15) is 0 Å². The van der Waals surface area contributed by atoms with E-state index in [1.54, 1.807) is 0 Å². The van der Waals surface area contributed by atoms with Gasteiger partial charge in [-0.15, -0.1) is 11.6 Å². The summed E-state index contributed by atoms with van der Waals surface area (Å²) < 4.78 is 0. The number of rotatable bonds is 4. The van der Waals surface area contributed by atoms with Gasteiger partial charge in [0.2, 0.25) is 0 Å². The van der Waals surface area contributed by atoms with E-state index < -0.39 is 5.60 Å². The molecule has 0 heterocycles. The summed E-state index contributed by atoms with van der Waals surface area (Å²) in [5, 5.41) is 11.1. The molecule has 0 aromatic heterocycles. The topological polar surface area (TPSA) is 20.2 Å². The van der Waals surface area contributed by atoms with Gasteiger partial charge in [-0.25, -0.2) is 0 Å². The van der Waals surface area contributed by atoms with Crippen molar-refractivity contribution in [3.63, 3.8) is 0 Å². The SMILES string of the molecule is Cc1cc(C)cc(C(O)(CCCl)c2ccccc2)c1. The van der Waals surface area contributed by atoms with Gasteiger partial charge in [-0.1, -0.05) is 59.7 Å². The van der Waals surface area contributed by atoms with Crippen LogP contribution in [0.15, 0.2) is 48.5 Å². The van der Waals surface area contributed by atoms with Crippen LogP contribution < -0.4 is 0 Å². The lowest BCUT2D eigenvalue weighted by Crippen LogP contribution is -2.28. The van der Waals surface area contributed by atoms with E-state index in [0.717, 1.165) is 22.3 Å². The summed E-state index contributed by atoms with van der Waals surface area (Å²) in [6, 6.07) is 15.9. The molecule has 0 aliphatic rings. The van der Waals surface area contributed by atoms with Crippen molar-refractivity contribution in [2.24, 2.45) is 0 Å². The minimum Gasteiger partial charge on any atom is -0.380 e. The Bertz CT molecular complexity index is 530. The molecular formula is C17H19ClO. The highest BCUT2D eigenvalue weighted by atomic mass is 35.5. The number of hydrogen-bond acceptors (Lipinski definition) is 1.